The number of carboxylic acids is 1. The molecular weight excluding hydrogens is 418 g/mol. The van der Waals surface area contributed by atoms with Crippen LogP contribution in [0.15, 0.2) is 66.7 Å². The van der Waals surface area contributed by atoms with Crippen molar-refractivity contribution in [3.05, 3.63) is 83.4 Å². The van der Waals surface area contributed by atoms with Crippen LogP contribution in [0.1, 0.15) is 35.3 Å². The van der Waals surface area contributed by atoms with E-state index in [0.29, 0.717) is 11.3 Å². The fraction of sp³-hybridized carbons (Fsp3) is 0.192. The molecule has 0 saturated heterocycles. The lowest BCUT2D eigenvalue weighted by Crippen LogP contribution is -2.49. The maximum Gasteiger partial charge on any atom is 0.328 e. The number of aliphatic carboxylic acids is 1. The topological polar surface area (TPSA) is 108 Å². The number of urea groups is 1. The van der Waals surface area contributed by atoms with Crippen molar-refractivity contribution in [2.45, 2.75) is 33.2 Å². The molecule has 3 aromatic rings. The van der Waals surface area contributed by atoms with Crippen molar-refractivity contribution >= 4 is 29.3 Å². The van der Waals surface area contributed by atoms with Crippen LogP contribution in [0.5, 0.6) is 0 Å². The van der Waals surface area contributed by atoms with Crippen LogP contribution in [0.25, 0.3) is 11.1 Å². The second-order valence-electron chi connectivity index (χ2n) is 8.44. The number of carbonyl (C=O) groups is 3. The summed E-state index contributed by atoms with van der Waals surface area (Å²) in [4.78, 5) is 35.8. The first-order valence-corrected chi connectivity index (χ1v) is 10.5. The normalized spacial score (nSPS) is 10.9. The fourth-order valence-electron chi connectivity index (χ4n) is 3.21. The Morgan fingerprint density at radius 1 is 0.788 bits per heavy atom. The van der Waals surface area contributed by atoms with Crippen LogP contribution >= 0.6 is 0 Å². The number of anilines is 2. The molecule has 0 radical (unpaired) electrons. The van der Waals surface area contributed by atoms with E-state index in [2.05, 4.69) is 16.0 Å². The summed E-state index contributed by atoms with van der Waals surface area (Å²) in [5, 5.41) is 17.3. The largest absolute Gasteiger partial charge is 0.480 e. The van der Waals surface area contributed by atoms with Gasteiger partial charge in [-0.25, -0.2) is 9.59 Å². The second-order valence-corrected chi connectivity index (χ2v) is 8.44. The third kappa shape index (κ3) is 5.98. The van der Waals surface area contributed by atoms with Crippen LogP contribution in [-0.4, -0.2) is 28.6 Å². The summed E-state index contributed by atoms with van der Waals surface area (Å²) in [6, 6.07) is 19.7. The summed E-state index contributed by atoms with van der Waals surface area (Å²) in [7, 11) is 0. The molecule has 0 saturated carbocycles. The molecule has 4 N–H and O–H groups in total. The Morgan fingerprint density at radius 3 is 1.91 bits per heavy atom. The maximum absolute atomic E-state index is 12.3. The Kier molecular flexibility index (Phi) is 6.82. The zero-order chi connectivity index (χ0) is 24.2. The van der Waals surface area contributed by atoms with E-state index in [1.807, 2.05) is 44.2 Å². The predicted octanol–water partition coefficient (Wildman–Crippen LogP) is 5.21. The molecule has 0 aromatic heterocycles. The number of nitrogens with one attached hydrogen (secondary N) is 3. The van der Waals surface area contributed by atoms with Gasteiger partial charge in [0.25, 0.3) is 5.91 Å². The minimum absolute atomic E-state index is 0.325. The molecule has 3 aromatic carbocycles. The van der Waals surface area contributed by atoms with Gasteiger partial charge in [-0.2, -0.15) is 0 Å². The van der Waals surface area contributed by atoms with E-state index in [1.54, 1.807) is 36.4 Å². The Balaban J connectivity index is 1.63. The molecule has 0 fully saturated rings. The highest BCUT2D eigenvalue weighted by molar-refractivity contribution is 6.00. The third-order valence-electron chi connectivity index (χ3n) is 5.21. The molecule has 0 bridgehead atoms. The Hall–Kier alpha value is -4.13. The molecule has 0 spiro atoms. The zero-order valence-electron chi connectivity index (χ0n) is 19.0. The maximum atomic E-state index is 12.3. The number of aryl methyl sites for hydroxylation is 2. The van der Waals surface area contributed by atoms with Gasteiger partial charge in [0.2, 0.25) is 0 Å². The average Bonchev–Trinajstić information content (AvgIpc) is 2.76. The molecule has 7 heteroatoms. The Bertz CT molecular complexity index is 1180. The van der Waals surface area contributed by atoms with Crippen LogP contribution in [-0.2, 0) is 4.79 Å². The average molecular weight is 446 g/mol. The second kappa shape index (κ2) is 9.56. The van der Waals surface area contributed by atoms with E-state index in [4.69, 9.17) is 5.11 Å². The first kappa shape index (κ1) is 23.5. The number of benzene rings is 3. The van der Waals surface area contributed by atoms with Crippen molar-refractivity contribution in [1.29, 1.82) is 0 Å². The smallest absolute Gasteiger partial charge is 0.328 e. The number of hydrogen-bond acceptors (Lipinski definition) is 3. The van der Waals surface area contributed by atoms with Crippen molar-refractivity contribution in [3.63, 3.8) is 0 Å². The van der Waals surface area contributed by atoms with Crippen LogP contribution in [0, 0.1) is 13.8 Å². The SMILES string of the molecule is Cc1ccc(NC(=O)Nc2ccc(-c3ccc(C(=O)NC(C)(C)C(=O)O)cc3)cc2)c(C)c1. The van der Waals surface area contributed by atoms with Gasteiger partial charge >= 0.3 is 12.0 Å². The predicted molar refractivity (Wildman–Crippen MR) is 130 cm³/mol. The molecule has 33 heavy (non-hydrogen) atoms. The molecule has 170 valence electrons. The number of carboxylic acid groups (broad SMARTS) is 1. The highest BCUT2D eigenvalue weighted by Crippen LogP contribution is 2.23. The Morgan fingerprint density at radius 2 is 1.36 bits per heavy atom. The van der Waals surface area contributed by atoms with E-state index in [9.17, 15) is 14.4 Å². The summed E-state index contributed by atoms with van der Waals surface area (Å²) in [6.45, 7) is 6.80. The summed E-state index contributed by atoms with van der Waals surface area (Å²) in [5.41, 5.74) is 4.33. The van der Waals surface area contributed by atoms with Crippen LogP contribution < -0.4 is 16.0 Å². The molecule has 7 nitrogen and oxygen atoms in total. The van der Waals surface area contributed by atoms with E-state index in [1.165, 1.54) is 13.8 Å². The van der Waals surface area contributed by atoms with Crippen molar-refractivity contribution in [1.82, 2.24) is 5.32 Å². The number of rotatable bonds is 6. The number of carbonyl (C=O) groups excluding carboxylic acids is 2. The van der Waals surface area contributed by atoms with Crippen molar-refractivity contribution in [3.8, 4) is 11.1 Å². The minimum atomic E-state index is -1.36. The fourth-order valence-corrected chi connectivity index (χ4v) is 3.21. The van der Waals surface area contributed by atoms with Crippen molar-refractivity contribution in [2.75, 3.05) is 10.6 Å². The van der Waals surface area contributed by atoms with Gasteiger partial charge in [-0.3, -0.25) is 4.79 Å². The molecule has 3 rings (SSSR count). The highest BCUT2D eigenvalue weighted by atomic mass is 16.4. The van der Waals surface area contributed by atoms with E-state index in [-0.39, 0.29) is 6.03 Å². The van der Waals surface area contributed by atoms with Gasteiger partial charge in [0, 0.05) is 16.9 Å². The number of hydrogen-bond donors (Lipinski definition) is 4. The van der Waals surface area contributed by atoms with Gasteiger partial charge < -0.3 is 21.1 Å². The van der Waals surface area contributed by atoms with Gasteiger partial charge in [0.15, 0.2) is 0 Å². The Labute approximate surface area is 192 Å². The summed E-state index contributed by atoms with van der Waals surface area (Å²) in [5.74, 6) is -1.56. The van der Waals surface area contributed by atoms with Gasteiger partial charge in [-0.05, 0) is 74.7 Å². The van der Waals surface area contributed by atoms with E-state index in [0.717, 1.165) is 27.9 Å². The van der Waals surface area contributed by atoms with Crippen molar-refractivity contribution in [2.24, 2.45) is 0 Å². The van der Waals surface area contributed by atoms with Crippen molar-refractivity contribution < 1.29 is 19.5 Å². The highest BCUT2D eigenvalue weighted by Gasteiger charge is 2.29. The van der Waals surface area contributed by atoms with Gasteiger partial charge in [0.1, 0.15) is 5.54 Å². The molecular formula is C26H27N3O4. The summed E-state index contributed by atoms with van der Waals surface area (Å²) < 4.78 is 0. The van der Waals surface area contributed by atoms with Gasteiger partial charge in [-0.1, -0.05) is 42.0 Å². The van der Waals surface area contributed by atoms with Gasteiger partial charge in [0.05, 0.1) is 0 Å². The quantitative estimate of drug-likeness (QED) is 0.418. The lowest BCUT2D eigenvalue weighted by atomic mass is 10.0. The zero-order valence-corrected chi connectivity index (χ0v) is 19.0. The molecule has 0 atom stereocenters. The first-order valence-electron chi connectivity index (χ1n) is 10.5. The summed E-state index contributed by atoms with van der Waals surface area (Å²) >= 11 is 0. The van der Waals surface area contributed by atoms with Crippen LogP contribution in [0.2, 0.25) is 0 Å². The monoisotopic (exact) mass is 445 g/mol. The third-order valence-corrected chi connectivity index (χ3v) is 5.21. The van der Waals surface area contributed by atoms with Gasteiger partial charge in [-0.15, -0.1) is 0 Å². The standard InChI is InChI=1S/C26H27N3O4/c1-16-5-14-22(17(2)15-16)28-25(33)27-21-12-10-19(11-13-21)18-6-8-20(9-7-18)23(30)29-26(3,4)24(31)32/h5-15H,1-4H3,(H,29,30)(H,31,32)(H2,27,28,33). The molecule has 3 amide bonds. The molecule has 0 aliphatic carbocycles. The van der Waals surface area contributed by atoms with E-state index < -0.39 is 17.4 Å². The lowest BCUT2D eigenvalue weighted by molar-refractivity contribution is -0.143. The lowest BCUT2D eigenvalue weighted by Gasteiger charge is -2.21. The first-order chi connectivity index (χ1) is 15.5. The number of amides is 3. The van der Waals surface area contributed by atoms with E-state index >= 15 is 0 Å². The minimum Gasteiger partial charge on any atom is -0.480 e. The molecule has 0 aliphatic rings. The summed E-state index contributed by atoms with van der Waals surface area (Å²) in [6.07, 6.45) is 0. The van der Waals surface area contributed by atoms with Crippen LogP contribution in [0.4, 0.5) is 16.2 Å². The molecule has 0 heterocycles. The van der Waals surface area contributed by atoms with Crippen LogP contribution in [0.3, 0.4) is 0 Å². The molecule has 0 aliphatic heterocycles. The molecule has 0 unspecified atom stereocenters.